The molecule has 0 N–H and O–H groups in total. The molecule has 200 valence electrons. The smallest absolute Gasteiger partial charge is 0.0332 e. The first kappa shape index (κ1) is 26.6. The maximum Gasteiger partial charge on any atom is 0.0332 e. The highest BCUT2D eigenvalue weighted by Gasteiger charge is 2.14. The molecule has 0 aliphatic carbocycles. The molecule has 0 spiro atoms. The van der Waals surface area contributed by atoms with Crippen molar-refractivity contribution in [3.63, 3.8) is 0 Å². The van der Waals surface area contributed by atoms with Gasteiger partial charge in [0.2, 0.25) is 0 Å². The second-order valence-electron chi connectivity index (χ2n) is 10.3. The van der Waals surface area contributed by atoms with Gasteiger partial charge in [-0.1, -0.05) is 158 Å². The van der Waals surface area contributed by atoms with Gasteiger partial charge in [-0.15, -0.1) is 0 Å². The SMILES string of the molecule is Brc1c2ccccc2c(-c2ccccc2)c2ccccc12.Brc1c2ccccc2c(-c2ccccc2)c2ccccc12. The van der Waals surface area contributed by atoms with Crippen LogP contribution in [0.25, 0.3) is 65.3 Å². The van der Waals surface area contributed by atoms with E-state index >= 15 is 0 Å². The summed E-state index contributed by atoms with van der Waals surface area (Å²) in [7, 11) is 0. The summed E-state index contributed by atoms with van der Waals surface area (Å²) in [5.41, 5.74) is 5.14. The highest BCUT2D eigenvalue weighted by Crippen LogP contribution is 2.42. The Kier molecular flexibility index (Phi) is 7.34. The van der Waals surface area contributed by atoms with E-state index in [1.54, 1.807) is 0 Å². The monoisotopic (exact) mass is 664 g/mol. The highest BCUT2D eigenvalue weighted by atomic mass is 79.9. The van der Waals surface area contributed by atoms with Crippen molar-refractivity contribution in [2.45, 2.75) is 0 Å². The van der Waals surface area contributed by atoms with Gasteiger partial charge in [0.05, 0.1) is 0 Å². The normalized spacial score (nSPS) is 11.1. The van der Waals surface area contributed by atoms with Gasteiger partial charge in [0.1, 0.15) is 0 Å². The summed E-state index contributed by atoms with van der Waals surface area (Å²) in [4.78, 5) is 0. The van der Waals surface area contributed by atoms with Crippen molar-refractivity contribution in [2.24, 2.45) is 0 Å². The molecule has 8 aromatic rings. The van der Waals surface area contributed by atoms with Gasteiger partial charge >= 0.3 is 0 Å². The van der Waals surface area contributed by atoms with Crippen molar-refractivity contribution in [3.05, 3.63) is 167 Å². The van der Waals surface area contributed by atoms with Crippen molar-refractivity contribution in [1.82, 2.24) is 0 Å². The van der Waals surface area contributed by atoms with Crippen LogP contribution in [0.2, 0.25) is 0 Å². The number of rotatable bonds is 2. The summed E-state index contributed by atoms with van der Waals surface area (Å²) < 4.78 is 2.35. The van der Waals surface area contributed by atoms with Gasteiger partial charge < -0.3 is 0 Å². The second kappa shape index (κ2) is 11.6. The van der Waals surface area contributed by atoms with Gasteiger partial charge in [-0.3, -0.25) is 0 Å². The average molecular weight is 666 g/mol. The number of hydrogen-bond donors (Lipinski definition) is 0. The maximum atomic E-state index is 3.79. The molecule has 42 heavy (non-hydrogen) atoms. The Hall–Kier alpha value is -4.24. The minimum absolute atomic E-state index is 1.17. The molecule has 0 amide bonds. The van der Waals surface area contributed by atoms with Crippen molar-refractivity contribution in [3.8, 4) is 22.3 Å². The van der Waals surface area contributed by atoms with Crippen LogP contribution >= 0.6 is 31.9 Å². The van der Waals surface area contributed by atoms with E-state index in [1.807, 2.05) is 0 Å². The van der Waals surface area contributed by atoms with E-state index in [0.717, 1.165) is 0 Å². The van der Waals surface area contributed by atoms with Crippen LogP contribution in [0.3, 0.4) is 0 Å². The third kappa shape index (κ3) is 4.71. The Balaban J connectivity index is 0.000000137. The van der Waals surface area contributed by atoms with Crippen molar-refractivity contribution in [1.29, 1.82) is 0 Å². The Morgan fingerprint density at radius 2 is 0.452 bits per heavy atom. The van der Waals surface area contributed by atoms with Crippen LogP contribution < -0.4 is 0 Å². The lowest BCUT2D eigenvalue weighted by atomic mass is 9.92. The zero-order chi connectivity index (χ0) is 28.5. The van der Waals surface area contributed by atoms with E-state index in [-0.39, 0.29) is 0 Å². The summed E-state index contributed by atoms with van der Waals surface area (Å²) >= 11 is 7.58. The van der Waals surface area contributed by atoms with E-state index < -0.39 is 0 Å². The zero-order valence-electron chi connectivity index (χ0n) is 22.8. The number of fused-ring (bicyclic) bond motifs is 4. The molecule has 8 aromatic carbocycles. The fourth-order valence-electron chi connectivity index (χ4n) is 5.98. The minimum Gasteiger partial charge on any atom is -0.0622 e. The zero-order valence-corrected chi connectivity index (χ0v) is 25.9. The Labute approximate surface area is 262 Å². The molecule has 0 aromatic heterocycles. The van der Waals surface area contributed by atoms with E-state index in [4.69, 9.17) is 0 Å². The van der Waals surface area contributed by atoms with Crippen LogP contribution in [0.4, 0.5) is 0 Å². The van der Waals surface area contributed by atoms with Gasteiger partial charge in [0, 0.05) is 8.95 Å². The van der Waals surface area contributed by atoms with Crippen LogP contribution in [0.15, 0.2) is 167 Å². The molecule has 0 saturated heterocycles. The molecule has 0 fully saturated rings. The van der Waals surface area contributed by atoms with E-state index in [0.29, 0.717) is 0 Å². The fraction of sp³-hybridized carbons (Fsp3) is 0. The van der Waals surface area contributed by atoms with Crippen LogP contribution in [-0.4, -0.2) is 0 Å². The molecular formula is C40H26Br2. The minimum atomic E-state index is 1.17. The second-order valence-corrected chi connectivity index (χ2v) is 11.9. The number of benzene rings is 8. The molecule has 0 aliphatic rings. The maximum absolute atomic E-state index is 3.79. The summed E-state index contributed by atoms with van der Waals surface area (Å²) in [6, 6.07) is 55.6. The first-order chi connectivity index (χ1) is 20.7. The molecule has 0 atom stereocenters. The third-order valence-corrected chi connectivity index (χ3v) is 9.57. The van der Waals surface area contributed by atoms with Gasteiger partial charge in [0.15, 0.2) is 0 Å². The van der Waals surface area contributed by atoms with E-state index in [1.165, 1.54) is 74.3 Å². The quantitative estimate of drug-likeness (QED) is 0.161. The molecular weight excluding hydrogens is 640 g/mol. The third-order valence-electron chi connectivity index (χ3n) is 7.86. The van der Waals surface area contributed by atoms with Crippen LogP contribution in [-0.2, 0) is 0 Å². The standard InChI is InChI=1S/2C20H13Br/c2*21-20-17-12-6-4-10-15(17)19(14-8-2-1-3-9-14)16-11-5-7-13-18(16)20/h2*1-13H. The van der Waals surface area contributed by atoms with Gasteiger partial charge in [-0.2, -0.15) is 0 Å². The molecule has 8 rings (SSSR count). The lowest BCUT2D eigenvalue weighted by molar-refractivity contribution is 1.66. The van der Waals surface area contributed by atoms with E-state index in [2.05, 4.69) is 190 Å². The predicted octanol–water partition coefficient (Wildman–Crippen LogP) is 12.8. The van der Waals surface area contributed by atoms with Crippen molar-refractivity contribution in [2.75, 3.05) is 0 Å². The first-order valence-electron chi connectivity index (χ1n) is 14.0. The molecule has 0 unspecified atom stereocenters. The van der Waals surface area contributed by atoms with Crippen molar-refractivity contribution < 1.29 is 0 Å². The summed E-state index contributed by atoms with van der Waals surface area (Å²) in [5.74, 6) is 0. The molecule has 0 heterocycles. The Morgan fingerprint density at radius 1 is 0.238 bits per heavy atom. The van der Waals surface area contributed by atoms with Gasteiger partial charge in [0.25, 0.3) is 0 Å². The number of hydrogen-bond acceptors (Lipinski definition) is 0. The topological polar surface area (TPSA) is 0 Å². The molecule has 0 bridgehead atoms. The van der Waals surface area contributed by atoms with Gasteiger partial charge in [-0.05, 0) is 97.2 Å². The van der Waals surface area contributed by atoms with Crippen LogP contribution in [0, 0.1) is 0 Å². The molecule has 0 saturated carbocycles. The summed E-state index contributed by atoms with van der Waals surface area (Å²) in [6.45, 7) is 0. The van der Waals surface area contributed by atoms with Gasteiger partial charge in [-0.25, -0.2) is 0 Å². The molecule has 0 aliphatic heterocycles. The van der Waals surface area contributed by atoms with E-state index in [9.17, 15) is 0 Å². The average Bonchev–Trinajstić information content (AvgIpc) is 3.06. The number of halogens is 2. The largest absolute Gasteiger partial charge is 0.0622 e. The highest BCUT2D eigenvalue weighted by molar-refractivity contribution is 9.11. The lowest BCUT2D eigenvalue weighted by Gasteiger charge is -2.14. The summed E-state index contributed by atoms with van der Waals surface area (Å²) in [5, 5.41) is 10.2. The lowest BCUT2D eigenvalue weighted by Crippen LogP contribution is -1.86. The fourth-order valence-corrected chi connectivity index (χ4v) is 7.37. The summed E-state index contributed by atoms with van der Waals surface area (Å²) in [6.07, 6.45) is 0. The van der Waals surface area contributed by atoms with Crippen LogP contribution in [0.1, 0.15) is 0 Å². The van der Waals surface area contributed by atoms with Crippen LogP contribution in [0.5, 0.6) is 0 Å². The predicted molar refractivity (Wildman–Crippen MR) is 189 cm³/mol. The molecule has 0 radical (unpaired) electrons. The Bertz CT molecular complexity index is 1930. The molecule has 0 nitrogen and oxygen atoms in total. The first-order valence-corrected chi connectivity index (χ1v) is 15.6. The molecule has 2 heteroatoms. The van der Waals surface area contributed by atoms with Crippen molar-refractivity contribution >= 4 is 74.9 Å². The Morgan fingerprint density at radius 3 is 0.714 bits per heavy atom.